The molecule has 0 saturated carbocycles. The number of halogens is 8. The van der Waals surface area contributed by atoms with Crippen molar-refractivity contribution in [1.82, 2.24) is 42.5 Å². The molecule has 5 fully saturated rings. The lowest BCUT2D eigenvalue weighted by Crippen LogP contribution is -2.62. The van der Waals surface area contributed by atoms with Crippen molar-refractivity contribution in [3.8, 4) is 0 Å². The van der Waals surface area contributed by atoms with Crippen molar-refractivity contribution in [2.24, 2.45) is 0 Å². The third-order valence-electron chi connectivity index (χ3n) is 6.64. The van der Waals surface area contributed by atoms with Crippen LogP contribution in [0.1, 0.15) is 0 Å². The summed E-state index contributed by atoms with van der Waals surface area (Å²) in [4.78, 5) is 0. The quantitative estimate of drug-likeness (QED) is 0.191. The summed E-state index contributed by atoms with van der Waals surface area (Å²) >= 11 is 0. The zero-order valence-electron chi connectivity index (χ0n) is 16.3. The average Bonchev–Trinajstić information content (AvgIpc) is 3.37. The fourth-order valence-corrected chi connectivity index (χ4v) is 4.87. The average molecular weight is 480 g/mol. The molecular formula is C16H24F8N8. The summed E-state index contributed by atoms with van der Waals surface area (Å²) in [7, 11) is 0. The van der Waals surface area contributed by atoms with E-state index in [-0.39, 0.29) is 0 Å². The predicted octanol–water partition coefficient (Wildman–Crippen LogP) is -1.92. The fourth-order valence-electron chi connectivity index (χ4n) is 4.87. The molecule has 0 radical (unpaired) electrons. The summed E-state index contributed by atoms with van der Waals surface area (Å²) in [6.45, 7) is 0. The highest BCUT2D eigenvalue weighted by Crippen LogP contribution is 2.28. The van der Waals surface area contributed by atoms with E-state index in [9.17, 15) is 35.1 Å². The van der Waals surface area contributed by atoms with E-state index in [4.69, 9.17) is 0 Å². The van der Waals surface area contributed by atoms with Gasteiger partial charge in [-0.2, -0.15) is 0 Å². The van der Waals surface area contributed by atoms with Crippen molar-refractivity contribution in [3.63, 3.8) is 0 Å². The first-order chi connectivity index (χ1) is 15.2. The Labute approximate surface area is 177 Å². The van der Waals surface area contributed by atoms with Crippen LogP contribution in [0, 0.1) is 0 Å². The molecule has 5 heterocycles. The Morgan fingerprint density at radius 3 is 0.406 bits per heavy atom. The SMILES string of the molecule is FC1C2NC(NC3NC(NC4NC(NC5NC(N2)C(F)C5F)C(F)C4F)C(F)C3F)C1F. The summed E-state index contributed by atoms with van der Waals surface area (Å²) in [6.07, 6.45) is -29.8. The Hall–Kier alpha value is -0.880. The fraction of sp³-hybridized carbons (Fsp3) is 1.00. The number of rotatable bonds is 0. The van der Waals surface area contributed by atoms with E-state index >= 15 is 0 Å². The smallest absolute Gasteiger partial charge is 0.162 e. The molecule has 8 atom stereocenters. The largest absolute Gasteiger partial charge is 0.281 e. The van der Waals surface area contributed by atoms with Crippen LogP contribution in [0.25, 0.3) is 0 Å². The third-order valence-corrected chi connectivity index (χ3v) is 6.64. The van der Waals surface area contributed by atoms with Gasteiger partial charge < -0.3 is 0 Å². The molecule has 8 bridgehead atoms. The predicted molar refractivity (Wildman–Crippen MR) is 94.6 cm³/mol. The molecule has 8 nitrogen and oxygen atoms in total. The molecule has 184 valence electrons. The van der Waals surface area contributed by atoms with Gasteiger partial charge in [0.05, 0.1) is 49.3 Å². The maximum Gasteiger partial charge on any atom is 0.162 e. The monoisotopic (exact) mass is 480 g/mol. The van der Waals surface area contributed by atoms with Crippen LogP contribution in [-0.4, -0.2) is 98.7 Å². The van der Waals surface area contributed by atoms with E-state index in [1.165, 1.54) is 0 Å². The highest BCUT2D eigenvalue weighted by Gasteiger charge is 2.55. The number of nitrogens with one attached hydrogen (secondary N) is 8. The van der Waals surface area contributed by atoms with Crippen molar-refractivity contribution < 1.29 is 35.1 Å². The van der Waals surface area contributed by atoms with Crippen molar-refractivity contribution in [2.75, 3.05) is 0 Å². The number of alkyl halides is 8. The van der Waals surface area contributed by atoms with E-state index in [0.29, 0.717) is 0 Å². The van der Waals surface area contributed by atoms with Gasteiger partial charge in [-0.1, -0.05) is 0 Å². The molecule has 16 heteroatoms. The van der Waals surface area contributed by atoms with Crippen LogP contribution in [0.15, 0.2) is 0 Å². The molecule has 32 heavy (non-hydrogen) atoms. The van der Waals surface area contributed by atoms with Gasteiger partial charge in [-0.15, -0.1) is 0 Å². The zero-order valence-corrected chi connectivity index (χ0v) is 16.3. The second kappa shape index (κ2) is 8.41. The molecule has 0 aromatic rings. The molecule has 0 aromatic carbocycles. The second-order valence-electron chi connectivity index (χ2n) is 8.71. The molecule has 8 unspecified atom stereocenters. The molecule has 0 spiro atoms. The molecule has 5 saturated heterocycles. The first kappa shape index (κ1) is 22.9. The molecule has 5 rings (SSSR count). The zero-order chi connectivity index (χ0) is 22.9. The Bertz CT molecular complexity index is 538. The van der Waals surface area contributed by atoms with E-state index in [1.807, 2.05) is 0 Å². The van der Waals surface area contributed by atoms with Gasteiger partial charge in [0.2, 0.25) is 0 Å². The van der Waals surface area contributed by atoms with Gasteiger partial charge in [-0.3, -0.25) is 42.5 Å². The van der Waals surface area contributed by atoms with Crippen LogP contribution in [0.4, 0.5) is 35.1 Å². The Morgan fingerprint density at radius 2 is 0.312 bits per heavy atom. The van der Waals surface area contributed by atoms with E-state index in [1.54, 1.807) is 0 Å². The van der Waals surface area contributed by atoms with Gasteiger partial charge >= 0.3 is 0 Å². The van der Waals surface area contributed by atoms with Crippen LogP contribution >= 0.6 is 0 Å². The van der Waals surface area contributed by atoms with Gasteiger partial charge in [-0.05, 0) is 0 Å². The van der Waals surface area contributed by atoms with Gasteiger partial charge in [-0.25, -0.2) is 35.1 Å². The Morgan fingerprint density at radius 1 is 0.219 bits per heavy atom. The summed E-state index contributed by atoms with van der Waals surface area (Å²) in [5.41, 5.74) is 0. The summed E-state index contributed by atoms with van der Waals surface area (Å²) < 4.78 is 116. The van der Waals surface area contributed by atoms with Crippen LogP contribution in [-0.2, 0) is 0 Å². The molecule has 0 aromatic heterocycles. The maximum absolute atomic E-state index is 14.5. The van der Waals surface area contributed by atoms with Gasteiger partial charge in [0.15, 0.2) is 49.4 Å². The molecule has 0 amide bonds. The van der Waals surface area contributed by atoms with Crippen LogP contribution < -0.4 is 42.5 Å². The third kappa shape index (κ3) is 3.68. The Kier molecular flexibility index (Phi) is 6.01. The summed E-state index contributed by atoms with van der Waals surface area (Å²) in [6, 6.07) is 0. The summed E-state index contributed by atoms with van der Waals surface area (Å²) in [5.74, 6) is 0. The van der Waals surface area contributed by atoms with Crippen molar-refractivity contribution in [1.29, 1.82) is 0 Å². The first-order valence-corrected chi connectivity index (χ1v) is 10.4. The lowest BCUT2D eigenvalue weighted by Gasteiger charge is -2.26. The van der Waals surface area contributed by atoms with Crippen LogP contribution in [0.3, 0.4) is 0 Å². The van der Waals surface area contributed by atoms with Crippen LogP contribution in [0.5, 0.6) is 0 Å². The number of hydrogen-bond acceptors (Lipinski definition) is 8. The molecule has 5 aliphatic heterocycles. The van der Waals surface area contributed by atoms with E-state index < -0.39 is 98.7 Å². The summed E-state index contributed by atoms with van der Waals surface area (Å²) in [5, 5.41) is 19.3. The molecular weight excluding hydrogens is 456 g/mol. The van der Waals surface area contributed by atoms with Gasteiger partial charge in [0.1, 0.15) is 0 Å². The molecule has 0 aliphatic carbocycles. The van der Waals surface area contributed by atoms with Crippen LogP contribution in [0.2, 0.25) is 0 Å². The van der Waals surface area contributed by atoms with Crippen molar-refractivity contribution in [2.45, 2.75) is 98.7 Å². The minimum atomic E-state index is -2.22. The number of hydrogen-bond donors (Lipinski definition) is 8. The first-order valence-electron chi connectivity index (χ1n) is 10.4. The second-order valence-corrected chi connectivity index (χ2v) is 8.71. The molecule has 8 N–H and O–H groups in total. The topological polar surface area (TPSA) is 96.2 Å². The highest BCUT2D eigenvalue weighted by molar-refractivity contribution is 5.08. The van der Waals surface area contributed by atoms with E-state index in [2.05, 4.69) is 42.5 Å². The Balaban J connectivity index is 1.41. The molecule has 5 aliphatic rings. The van der Waals surface area contributed by atoms with Gasteiger partial charge in [0.25, 0.3) is 0 Å². The van der Waals surface area contributed by atoms with E-state index in [0.717, 1.165) is 0 Å². The van der Waals surface area contributed by atoms with Crippen molar-refractivity contribution in [3.05, 3.63) is 0 Å². The number of fused-ring (bicyclic) bond motifs is 8. The lowest BCUT2D eigenvalue weighted by molar-refractivity contribution is 0.116. The standard InChI is InChI=1S/C16H24F8N8/c17-1-2(18)10-25-9(1)29-11-3(19)4(20)13(26-11)31-15-7(23)8(24)16(28-15)32-14-6(22)5(21)12(27-14)30-10/h1-16,25-32H. The van der Waals surface area contributed by atoms with Crippen molar-refractivity contribution >= 4 is 0 Å². The minimum Gasteiger partial charge on any atom is -0.281 e. The normalized spacial score (nSPS) is 60.8. The van der Waals surface area contributed by atoms with Gasteiger partial charge in [0, 0.05) is 0 Å². The maximum atomic E-state index is 14.5. The highest BCUT2D eigenvalue weighted by atomic mass is 19.2. The lowest BCUT2D eigenvalue weighted by atomic mass is 10.2. The minimum absolute atomic E-state index is 1.50.